The topological polar surface area (TPSA) is 0 Å². The van der Waals surface area contributed by atoms with Gasteiger partial charge in [0.15, 0.2) is 0 Å². The lowest BCUT2D eigenvalue weighted by Crippen LogP contribution is -1.95. The van der Waals surface area contributed by atoms with Crippen molar-refractivity contribution in [1.29, 1.82) is 0 Å². The van der Waals surface area contributed by atoms with E-state index in [0.29, 0.717) is 10.0 Å². The zero-order valence-electron chi connectivity index (χ0n) is 8.81. The molecule has 0 amide bonds. The first kappa shape index (κ1) is 13.5. The minimum atomic E-state index is -0.456. The Morgan fingerprint density at radius 2 is 2.00 bits per heavy atom. The molecule has 0 bridgehead atoms. The van der Waals surface area contributed by atoms with E-state index < -0.39 is 5.38 Å². The summed E-state index contributed by atoms with van der Waals surface area (Å²) in [5.74, 6) is -0.297. The van der Waals surface area contributed by atoms with Crippen LogP contribution in [0.5, 0.6) is 0 Å². The van der Waals surface area contributed by atoms with Gasteiger partial charge in [0, 0.05) is 19.8 Å². The molecule has 1 aromatic heterocycles. The number of aryl methyl sites for hydroxylation is 1. The quantitative estimate of drug-likeness (QED) is 0.540. The average molecular weight is 399 g/mol. The van der Waals surface area contributed by atoms with Crippen LogP contribution in [0.4, 0.5) is 4.39 Å². The van der Waals surface area contributed by atoms with E-state index in [9.17, 15) is 4.39 Å². The second-order valence-corrected chi connectivity index (χ2v) is 6.99. The Labute approximate surface area is 125 Å². The molecular weight excluding hydrogens is 390 g/mol. The Bertz CT molecular complexity index is 534. The fraction of sp³-hybridized carbons (Fsp3) is 0.167. The molecule has 17 heavy (non-hydrogen) atoms. The molecule has 0 nitrogen and oxygen atoms in total. The van der Waals surface area contributed by atoms with Crippen molar-refractivity contribution < 1.29 is 4.39 Å². The Kier molecular flexibility index (Phi) is 4.29. The number of alkyl halides is 1. The van der Waals surface area contributed by atoms with Gasteiger partial charge in [0.1, 0.15) is 5.82 Å². The Morgan fingerprint density at radius 3 is 2.59 bits per heavy atom. The van der Waals surface area contributed by atoms with Gasteiger partial charge in [-0.1, -0.05) is 12.1 Å². The molecule has 0 radical (unpaired) electrons. The van der Waals surface area contributed by atoms with E-state index in [4.69, 9.17) is 11.6 Å². The van der Waals surface area contributed by atoms with Gasteiger partial charge in [-0.3, -0.25) is 0 Å². The zero-order chi connectivity index (χ0) is 12.6. The van der Waals surface area contributed by atoms with Gasteiger partial charge in [0.2, 0.25) is 0 Å². The minimum absolute atomic E-state index is 0.297. The first-order chi connectivity index (χ1) is 8.00. The van der Waals surface area contributed by atoms with Crippen molar-refractivity contribution in [2.45, 2.75) is 12.3 Å². The van der Waals surface area contributed by atoms with E-state index in [0.717, 1.165) is 14.2 Å². The molecule has 0 spiro atoms. The molecule has 1 aromatic carbocycles. The minimum Gasteiger partial charge on any atom is -0.205 e. The third-order valence-corrected chi connectivity index (χ3v) is 5.79. The summed E-state index contributed by atoms with van der Waals surface area (Å²) in [6, 6.07) is 7.10. The summed E-state index contributed by atoms with van der Waals surface area (Å²) in [7, 11) is 0. The lowest BCUT2D eigenvalue weighted by atomic mass is 10.1. The van der Waals surface area contributed by atoms with Crippen molar-refractivity contribution >= 4 is 54.8 Å². The van der Waals surface area contributed by atoms with Crippen LogP contribution in [0, 0.1) is 12.7 Å². The normalized spacial score (nSPS) is 12.8. The largest absolute Gasteiger partial charge is 0.205 e. The molecule has 0 fully saturated rings. The summed E-state index contributed by atoms with van der Waals surface area (Å²) in [6.45, 7) is 2.00. The molecule has 1 atom stereocenters. The van der Waals surface area contributed by atoms with Gasteiger partial charge in [-0.05, 0) is 50.9 Å². The maximum atomic E-state index is 13.9. The Hall–Kier alpha value is 0.1000. The Morgan fingerprint density at radius 1 is 1.29 bits per heavy atom. The van der Waals surface area contributed by atoms with Crippen LogP contribution in [0.25, 0.3) is 0 Å². The number of rotatable bonds is 2. The second-order valence-electron chi connectivity index (χ2n) is 3.56. The molecule has 2 rings (SSSR count). The summed E-state index contributed by atoms with van der Waals surface area (Å²) >= 11 is 14.5. The average Bonchev–Trinajstić information content (AvgIpc) is 2.62. The highest BCUT2D eigenvalue weighted by Crippen LogP contribution is 2.39. The summed E-state index contributed by atoms with van der Waals surface area (Å²) in [6.07, 6.45) is 0. The summed E-state index contributed by atoms with van der Waals surface area (Å²) in [5, 5.41) is -0.456. The highest BCUT2D eigenvalue weighted by molar-refractivity contribution is 9.10. The first-order valence-electron chi connectivity index (χ1n) is 4.84. The third kappa shape index (κ3) is 2.75. The van der Waals surface area contributed by atoms with E-state index in [1.807, 2.05) is 13.0 Å². The number of thiophene rings is 1. The molecule has 90 valence electrons. The molecule has 1 unspecified atom stereocenters. The molecule has 0 aliphatic heterocycles. The van der Waals surface area contributed by atoms with Crippen molar-refractivity contribution in [3.8, 4) is 0 Å². The highest BCUT2D eigenvalue weighted by Gasteiger charge is 2.19. The fourth-order valence-corrected chi connectivity index (χ4v) is 3.78. The summed E-state index contributed by atoms with van der Waals surface area (Å²) < 4.78 is 15.4. The number of halogens is 4. The molecule has 2 aromatic rings. The van der Waals surface area contributed by atoms with Gasteiger partial charge >= 0.3 is 0 Å². The van der Waals surface area contributed by atoms with Crippen LogP contribution >= 0.6 is 54.8 Å². The van der Waals surface area contributed by atoms with Crippen LogP contribution in [0.15, 0.2) is 33.2 Å². The molecule has 0 N–H and O–H groups in total. The number of hydrogen-bond donors (Lipinski definition) is 0. The van der Waals surface area contributed by atoms with Gasteiger partial charge in [-0.15, -0.1) is 22.9 Å². The SMILES string of the molecule is Cc1sc(C(Cl)c2cccc(Br)c2F)cc1Br. The van der Waals surface area contributed by atoms with E-state index >= 15 is 0 Å². The monoisotopic (exact) mass is 396 g/mol. The fourth-order valence-electron chi connectivity index (χ4n) is 1.48. The number of benzene rings is 1. The van der Waals surface area contributed by atoms with Gasteiger partial charge < -0.3 is 0 Å². The van der Waals surface area contributed by atoms with Crippen LogP contribution in [-0.2, 0) is 0 Å². The lowest BCUT2D eigenvalue weighted by Gasteiger charge is -2.09. The van der Waals surface area contributed by atoms with Crippen LogP contribution in [0.2, 0.25) is 0 Å². The number of hydrogen-bond acceptors (Lipinski definition) is 1. The van der Waals surface area contributed by atoms with Crippen LogP contribution in [-0.4, -0.2) is 0 Å². The van der Waals surface area contributed by atoms with Crippen molar-refractivity contribution in [2.24, 2.45) is 0 Å². The van der Waals surface area contributed by atoms with Crippen LogP contribution in [0.3, 0.4) is 0 Å². The van der Waals surface area contributed by atoms with Crippen molar-refractivity contribution in [3.05, 3.63) is 54.3 Å². The Balaban J connectivity index is 2.43. The standard InChI is InChI=1S/C12H8Br2ClFS/c1-6-9(14)5-10(17-6)11(15)7-3-2-4-8(13)12(7)16/h2-5,11H,1H3. The van der Waals surface area contributed by atoms with Crippen molar-refractivity contribution in [1.82, 2.24) is 0 Å². The van der Waals surface area contributed by atoms with Gasteiger partial charge in [0.05, 0.1) is 9.85 Å². The van der Waals surface area contributed by atoms with E-state index in [2.05, 4.69) is 31.9 Å². The van der Waals surface area contributed by atoms with Gasteiger partial charge in [-0.2, -0.15) is 0 Å². The van der Waals surface area contributed by atoms with E-state index in [1.165, 1.54) is 0 Å². The summed E-state index contributed by atoms with van der Waals surface area (Å²) in [4.78, 5) is 2.08. The molecule has 0 saturated carbocycles. The van der Waals surface area contributed by atoms with E-state index in [1.54, 1.807) is 29.5 Å². The first-order valence-corrected chi connectivity index (χ1v) is 7.68. The predicted octanol–water partition coefficient (Wildman–Crippen LogP) is 6.05. The highest BCUT2D eigenvalue weighted by atomic mass is 79.9. The van der Waals surface area contributed by atoms with Gasteiger partial charge in [-0.25, -0.2) is 4.39 Å². The van der Waals surface area contributed by atoms with Gasteiger partial charge in [0.25, 0.3) is 0 Å². The van der Waals surface area contributed by atoms with Crippen molar-refractivity contribution in [3.63, 3.8) is 0 Å². The predicted molar refractivity (Wildman–Crippen MR) is 78.6 cm³/mol. The second kappa shape index (κ2) is 5.39. The molecule has 0 aliphatic rings. The molecule has 5 heteroatoms. The van der Waals surface area contributed by atoms with Crippen molar-refractivity contribution in [2.75, 3.05) is 0 Å². The zero-order valence-corrected chi connectivity index (χ0v) is 13.6. The van der Waals surface area contributed by atoms with Crippen LogP contribution < -0.4 is 0 Å². The molecule has 0 saturated heterocycles. The summed E-state index contributed by atoms with van der Waals surface area (Å²) in [5.41, 5.74) is 0.495. The molecule has 0 aliphatic carbocycles. The van der Waals surface area contributed by atoms with E-state index in [-0.39, 0.29) is 5.82 Å². The maximum absolute atomic E-state index is 13.9. The lowest BCUT2D eigenvalue weighted by molar-refractivity contribution is 0.606. The van der Waals surface area contributed by atoms with Crippen LogP contribution in [0.1, 0.15) is 20.7 Å². The third-order valence-electron chi connectivity index (χ3n) is 2.38. The smallest absolute Gasteiger partial charge is 0.142 e. The maximum Gasteiger partial charge on any atom is 0.142 e. The molecular formula is C12H8Br2ClFS. The molecule has 1 heterocycles.